The molecule has 2 aromatic rings. The smallest absolute Gasteiger partial charge is 0.241 e. The van der Waals surface area contributed by atoms with Crippen molar-refractivity contribution >= 4 is 30.7 Å². The summed E-state index contributed by atoms with van der Waals surface area (Å²) in [6.07, 6.45) is 1.58. The highest BCUT2D eigenvalue weighted by Crippen LogP contribution is 2.20. The topological polar surface area (TPSA) is 78.6 Å². The molecule has 2 aromatic carbocycles. The highest BCUT2D eigenvalue weighted by molar-refractivity contribution is 5.85. The second-order valence-corrected chi connectivity index (χ2v) is 7.80. The number of benzene rings is 2. The number of aliphatic hydroxyl groups excluding tert-OH is 1. The number of carbonyl (C=O) groups excluding carboxylic acids is 1. The van der Waals surface area contributed by atoms with Crippen molar-refractivity contribution in [1.82, 2.24) is 10.2 Å². The summed E-state index contributed by atoms with van der Waals surface area (Å²) in [4.78, 5) is 14.7. The molecule has 1 aliphatic heterocycles. The first-order chi connectivity index (χ1) is 13.5. The Morgan fingerprint density at radius 1 is 1.07 bits per heavy atom. The number of nitrogens with one attached hydrogen (secondary N) is 1. The van der Waals surface area contributed by atoms with Crippen molar-refractivity contribution in [3.8, 4) is 0 Å². The zero-order chi connectivity index (χ0) is 19.9. The number of carbonyl (C=O) groups is 1. The van der Waals surface area contributed by atoms with E-state index in [4.69, 9.17) is 5.73 Å². The molecular weight excluding hydrogens is 421 g/mol. The third kappa shape index (κ3) is 7.56. The van der Waals surface area contributed by atoms with E-state index in [1.54, 1.807) is 0 Å². The standard InChI is InChI=1S/C23H31N3O2.2ClH/c1-17-7-9-20(10-8-17)22(24)23(28)25-15-18-11-13-26(14-12-18)16-21(27)19-5-3-2-4-6-19;;/h2-10,18,21-22,27H,11-16,24H2,1H3,(H,25,28);2*1H. The number of piperidine rings is 1. The van der Waals surface area contributed by atoms with Crippen LogP contribution in [-0.2, 0) is 4.79 Å². The van der Waals surface area contributed by atoms with Crippen LogP contribution in [0.5, 0.6) is 0 Å². The number of nitrogens with two attached hydrogens (primary N) is 1. The molecule has 3 rings (SSSR count). The molecule has 2 unspecified atom stereocenters. The Morgan fingerprint density at radius 2 is 1.67 bits per heavy atom. The average Bonchev–Trinajstić information content (AvgIpc) is 2.73. The van der Waals surface area contributed by atoms with E-state index in [0.717, 1.165) is 42.6 Å². The molecule has 1 aliphatic rings. The molecule has 2 atom stereocenters. The normalized spacial score (nSPS) is 16.6. The molecule has 0 aromatic heterocycles. The second kappa shape index (κ2) is 12.9. The van der Waals surface area contributed by atoms with Crippen molar-refractivity contribution in [2.75, 3.05) is 26.2 Å². The van der Waals surface area contributed by atoms with Crippen LogP contribution in [0.4, 0.5) is 0 Å². The number of nitrogens with zero attached hydrogens (tertiary/aromatic N) is 1. The predicted molar refractivity (Wildman–Crippen MR) is 126 cm³/mol. The number of halogens is 2. The van der Waals surface area contributed by atoms with Gasteiger partial charge in [-0.1, -0.05) is 60.2 Å². The van der Waals surface area contributed by atoms with Gasteiger partial charge in [0.1, 0.15) is 6.04 Å². The second-order valence-electron chi connectivity index (χ2n) is 7.80. The van der Waals surface area contributed by atoms with Gasteiger partial charge in [-0.2, -0.15) is 0 Å². The summed E-state index contributed by atoms with van der Waals surface area (Å²) < 4.78 is 0. The minimum Gasteiger partial charge on any atom is -0.387 e. The number of aryl methyl sites for hydroxylation is 1. The SMILES string of the molecule is Cc1ccc(C(N)C(=O)NCC2CCN(CC(O)c3ccccc3)CC2)cc1.Cl.Cl. The van der Waals surface area contributed by atoms with Gasteiger partial charge in [-0.3, -0.25) is 4.79 Å². The van der Waals surface area contributed by atoms with Crippen LogP contribution >= 0.6 is 24.8 Å². The van der Waals surface area contributed by atoms with E-state index < -0.39 is 12.1 Å². The average molecular weight is 454 g/mol. The predicted octanol–water partition coefficient (Wildman–Crippen LogP) is 3.40. The van der Waals surface area contributed by atoms with Crippen LogP contribution in [0, 0.1) is 12.8 Å². The molecule has 30 heavy (non-hydrogen) atoms. The number of β-amino-alcohol motifs (C(OH)–C–C–N with tert-alkyl or cyclic N) is 1. The van der Waals surface area contributed by atoms with Crippen molar-refractivity contribution in [3.63, 3.8) is 0 Å². The highest BCUT2D eigenvalue weighted by Gasteiger charge is 2.23. The molecule has 0 spiro atoms. The summed E-state index contributed by atoms with van der Waals surface area (Å²) in [7, 11) is 0. The van der Waals surface area contributed by atoms with Crippen LogP contribution in [-0.4, -0.2) is 42.1 Å². The van der Waals surface area contributed by atoms with Gasteiger partial charge < -0.3 is 21.1 Å². The monoisotopic (exact) mass is 453 g/mol. The molecule has 0 aliphatic carbocycles. The number of aliphatic hydroxyl groups is 1. The first-order valence-corrected chi connectivity index (χ1v) is 10.1. The Hall–Kier alpha value is -1.63. The van der Waals surface area contributed by atoms with Gasteiger partial charge >= 0.3 is 0 Å². The molecule has 1 amide bonds. The van der Waals surface area contributed by atoms with Crippen LogP contribution < -0.4 is 11.1 Å². The van der Waals surface area contributed by atoms with Crippen LogP contribution in [0.3, 0.4) is 0 Å². The first kappa shape index (κ1) is 26.4. The maximum absolute atomic E-state index is 12.4. The number of hydrogen-bond donors (Lipinski definition) is 3. The van der Waals surface area contributed by atoms with Gasteiger partial charge in [-0.05, 0) is 49.9 Å². The van der Waals surface area contributed by atoms with E-state index in [-0.39, 0.29) is 30.7 Å². The van der Waals surface area contributed by atoms with E-state index in [9.17, 15) is 9.90 Å². The lowest BCUT2D eigenvalue weighted by Crippen LogP contribution is -2.42. The van der Waals surface area contributed by atoms with Gasteiger partial charge in [0.05, 0.1) is 6.10 Å². The Labute approximate surface area is 191 Å². The molecule has 1 heterocycles. The summed E-state index contributed by atoms with van der Waals surface area (Å²) in [5, 5.41) is 13.4. The zero-order valence-electron chi connectivity index (χ0n) is 17.4. The van der Waals surface area contributed by atoms with E-state index in [0.29, 0.717) is 19.0 Å². The molecular formula is C23H33Cl2N3O2. The molecule has 4 N–H and O–H groups in total. The molecule has 0 bridgehead atoms. The van der Waals surface area contributed by atoms with E-state index >= 15 is 0 Å². The minimum atomic E-state index is -0.623. The Balaban J connectivity index is 0.00000225. The Kier molecular flexibility index (Phi) is 11.4. The molecule has 1 fully saturated rings. The quantitative estimate of drug-likeness (QED) is 0.599. The molecule has 0 radical (unpaired) electrons. The molecule has 7 heteroatoms. The summed E-state index contributed by atoms with van der Waals surface area (Å²) >= 11 is 0. The summed E-state index contributed by atoms with van der Waals surface area (Å²) in [5.41, 5.74) is 9.04. The van der Waals surface area contributed by atoms with Crippen LogP contribution in [0.25, 0.3) is 0 Å². The number of likely N-dealkylation sites (tertiary alicyclic amines) is 1. The van der Waals surface area contributed by atoms with Crippen LogP contribution in [0.15, 0.2) is 54.6 Å². The fraction of sp³-hybridized carbons (Fsp3) is 0.435. The number of hydrogen-bond acceptors (Lipinski definition) is 4. The summed E-state index contributed by atoms with van der Waals surface area (Å²) in [6, 6.07) is 16.9. The first-order valence-electron chi connectivity index (χ1n) is 10.1. The molecule has 166 valence electrons. The van der Waals surface area contributed by atoms with Crippen molar-refractivity contribution < 1.29 is 9.90 Å². The lowest BCUT2D eigenvalue weighted by Gasteiger charge is -2.33. The van der Waals surface area contributed by atoms with Crippen LogP contribution in [0.1, 0.15) is 41.7 Å². The van der Waals surface area contributed by atoms with Crippen LogP contribution in [0.2, 0.25) is 0 Å². The van der Waals surface area contributed by atoms with E-state index in [1.807, 2.05) is 61.5 Å². The Bertz CT molecular complexity index is 751. The highest BCUT2D eigenvalue weighted by atomic mass is 35.5. The lowest BCUT2D eigenvalue weighted by atomic mass is 9.96. The lowest BCUT2D eigenvalue weighted by molar-refractivity contribution is -0.122. The summed E-state index contributed by atoms with van der Waals surface area (Å²) in [5.74, 6) is 0.338. The van der Waals surface area contributed by atoms with Gasteiger partial charge in [0.15, 0.2) is 0 Å². The van der Waals surface area contributed by atoms with Gasteiger partial charge in [0, 0.05) is 13.1 Å². The summed E-state index contributed by atoms with van der Waals surface area (Å²) in [6.45, 7) is 5.21. The fourth-order valence-electron chi connectivity index (χ4n) is 3.68. The van der Waals surface area contributed by atoms with Crippen molar-refractivity contribution in [3.05, 3.63) is 71.3 Å². The van der Waals surface area contributed by atoms with E-state index in [1.165, 1.54) is 0 Å². The third-order valence-corrected chi connectivity index (χ3v) is 5.61. The van der Waals surface area contributed by atoms with Gasteiger partial charge in [0.25, 0.3) is 0 Å². The van der Waals surface area contributed by atoms with Crippen molar-refractivity contribution in [2.24, 2.45) is 11.7 Å². The molecule has 5 nitrogen and oxygen atoms in total. The number of amides is 1. The van der Waals surface area contributed by atoms with Crippen molar-refractivity contribution in [2.45, 2.75) is 31.9 Å². The largest absolute Gasteiger partial charge is 0.387 e. The maximum atomic E-state index is 12.4. The minimum absolute atomic E-state index is 0. The fourth-order valence-corrected chi connectivity index (χ4v) is 3.68. The van der Waals surface area contributed by atoms with Gasteiger partial charge in [-0.25, -0.2) is 0 Å². The number of rotatable bonds is 7. The molecule has 0 saturated carbocycles. The van der Waals surface area contributed by atoms with Crippen molar-refractivity contribution in [1.29, 1.82) is 0 Å². The van der Waals surface area contributed by atoms with E-state index in [2.05, 4.69) is 10.2 Å². The zero-order valence-corrected chi connectivity index (χ0v) is 19.0. The third-order valence-electron chi connectivity index (χ3n) is 5.61. The maximum Gasteiger partial charge on any atom is 0.241 e. The molecule has 1 saturated heterocycles. The Morgan fingerprint density at radius 3 is 2.27 bits per heavy atom. The van der Waals surface area contributed by atoms with Gasteiger partial charge in [0.2, 0.25) is 5.91 Å². The van der Waals surface area contributed by atoms with Gasteiger partial charge in [-0.15, -0.1) is 24.8 Å².